The molecule has 15 heavy (non-hydrogen) atoms. The minimum absolute atomic E-state index is 0.0292. The highest BCUT2D eigenvalue weighted by Gasteiger charge is 2.14. The largest absolute Gasteiger partial charge is 0.334 e. The Balaban J connectivity index is 3.88. The maximum absolute atomic E-state index is 11.2. The molecule has 0 aliphatic rings. The topological polar surface area (TPSA) is 61.4 Å². The molecule has 0 aliphatic carbocycles. The van der Waals surface area contributed by atoms with Crippen molar-refractivity contribution >= 4 is 23.5 Å². The smallest absolute Gasteiger partial charge is 0.321 e. The van der Waals surface area contributed by atoms with Gasteiger partial charge in [0.05, 0.1) is 0 Å². The van der Waals surface area contributed by atoms with Gasteiger partial charge < -0.3 is 10.2 Å². The monoisotopic (exact) mass is 235 g/mol. The van der Waals surface area contributed by atoms with Crippen molar-refractivity contribution in [2.45, 2.75) is 25.3 Å². The zero-order valence-corrected chi connectivity index (χ0v) is 10.3. The summed E-state index contributed by atoms with van der Waals surface area (Å²) >= 11 is 5.49. The van der Waals surface area contributed by atoms with Crippen molar-refractivity contribution in [2.75, 3.05) is 20.6 Å². The summed E-state index contributed by atoms with van der Waals surface area (Å²) in [5.41, 5.74) is 0. The van der Waals surface area contributed by atoms with Gasteiger partial charge in [-0.15, -0.1) is 11.6 Å². The molecule has 0 fully saturated rings. The lowest BCUT2D eigenvalue weighted by Gasteiger charge is -2.18. The number of urea groups is 1. The molecule has 0 saturated carbocycles. The first-order valence-electron chi connectivity index (χ1n) is 4.73. The molecule has 0 saturated heterocycles. The van der Waals surface area contributed by atoms with Crippen LogP contribution in [0.15, 0.2) is 0 Å². The second-order valence-corrected chi connectivity index (χ2v) is 4.40. The van der Waals surface area contributed by atoms with Gasteiger partial charge in [0.15, 0.2) is 0 Å². The van der Waals surface area contributed by atoms with E-state index in [9.17, 15) is 9.59 Å². The molecule has 0 aliphatic heterocycles. The fraction of sp³-hybridized carbons (Fsp3) is 0.778. The van der Waals surface area contributed by atoms with Crippen molar-refractivity contribution in [3.8, 4) is 0 Å². The third kappa shape index (κ3) is 7.16. The Morgan fingerprint density at radius 2 is 1.87 bits per heavy atom. The highest BCUT2D eigenvalue weighted by atomic mass is 35.5. The number of nitrogens with one attached hydrogen (secondary N) is 2. The van der Waals surface area contributed by atoms with E-state index in [1.54, 1.807) is 0 Å². The second kappa shape index (κ2) is 6.63. The number of nitrogens with zero attached hydrogens (tertiary/aromatic N) is 1. The standard InChI is InChI=1S/C9H18ClN3O2/c1-6(5-13(3)4)11-9(15)12-8(14)7(2)10/h6-7H,5H2,1-4H3,(H2,11,12,14,15). The van der Waals surface area contributed by atoms with Crippen LogP contribution in [0.5, 0.6) is 0 Å². The molecule has 3 amide bonds. The highest BCUT2D eigenvalue weighted by Crippen LogP contribution is 1.92. The summed E-state index contributed by atoms with van der Waals surface area (Å²) in [7, 11) is 3.81. The number of carbonyl (C=O) groups is 2. The minimum atomic E-state index is -0.708. The summed E-state index contributed by atoms with van der Waals surface area (Å²) in [6.07, 6.45) is 0. The maximum Gasteiger partial charge on any atom is 0.321 e. The van der Waals surface area contributed by atoms with Crippen LogP contribution < -0.4 is 10.6 Å². The predicted octanol–water partition coefficient (Wildman–Crippen LogP) is 0.390. The first-order chi connectivity index (χ1) is 6.82. The Bertz CT molecular complexity index is 231. The van der Waals surface area contributed by atoms with Crippen LogP contribution in [0, 0.1) is 0 Å². The first-order valence-corrected chi connectivity index (χ1v) is 5.16. The van der Waals surface area contributed by atoms with E-state index >= 15 is 0 Å². The average Bonchev–Trinajstić information content (AvgIpc) is 2.00. The molecular formula is C9H18ClN3O2. The summed E-state index contributed by atoms with van der Waals surface area (Å²) in [6, 6.07) is -0.541. The summed E-state index contributed by atoms with van der Waals surface area (Å²) in [5, 5.41) is 4.06. The van der Waals surface area contributed by atoms with Gasteiger partial charge in [0.2, 0.25) is 5.91 Å². The van der Waals surface area contributed by atoms with Crippen molar-refractivity contribution < 1.29 is 9.59 Å². The highest BCUT2D eigenvalue weighted by molar-refractivity contribution is 6.31. The molecule has 0 spiro atoms. The van der Waals surface area contributed by atoms with E-state index in [1.807, 2.05) is 25.9 Å². The van der Waals surface area contributed by atoms with E-state index in [0.717, 1.165) is 0 Å². The number of alkyl halides is 1. The molecule has 88 valence electrons. The lowest BCUT2D eigenvalue weighted by molar-refractivity contribution is -0.119. The zero-order chi connectivity index (χ0) is 12.0. The van der Waals surface area contributed by atoms with Gasteiger partial charge >= 0.3 is 6.03 Å². The Morgan fingerprint density at radius 1 is 1.33 bits per heavy atom. The van der Waals surface area contributed by atoms with Crippen LogP contribution in [-0.4, -0.2) is 48.9 Å². The number of carbonyl (C=O) groups excluding carboxylic acids is 2. The molecule has 6 heteroatoms. The number of likely N-dealkylation sites (N-methyl/N-ethyl adjacent to an activating group) is 1. The van der Waals surface area contributed by atoms with Gasteiger partial charge in [0.25, 0.3) is 0 Å². The number of hydrogen-bond acceptors (Lipinski definition) is 3. The van der Waals surface area contributed by atoms with Crippen LogP contribution in [0.3, 0.4) is 0 Å². The Kier molecular flexibility index (Phi) is 6.27. The average molecular weight is 236 g/mol. The summed E-state index contributed by atoms with van der Waals surface area (Å²) in [4.78, 5) is 24.2. The molecular weight excluding hydrogens is 218 g/mol. The van der Waals surface area contributed by atoms with Crippen LogP contribution in [-0.2, 0) is 4.79 Å². The Hall–Kier alpha value is -0.810. The number of amides is 3. The lowest BCUT2D eigenvalue weighted by Crippen LogP contribution is -2.48. The molecule has 0 aromatic heterocycles. The van der Waals surface area contributed by atoms with Gasteiger partial charge in [-0.1, -0.05) is 0 Å². The van der Waals surface area contributed by atoms with Crippen molar-refractivity contribution in [2.24, 2.45) is 0 Å². The lowest BCUT2D eigenvalue weighted by atomic mass is 10.3. The van der Waals surface area contributed by atoms with Gasteiger partial charge in [-0.3, -0.25) is 10.1 Å². The summed E-state index contributed by atoms with van der Waals surface area (Å²) in [5.74, 6) is -0.494. The molecule has 0 radical (unpaired) electrons. The number of rotatable bonds is 4. The van der Waals surface area contributed by atoms with Crippen LogP contribution in [0.4, 0.5) is 4.79 Å². The van der Waals surface area contributed by atoms with E-state index in [1.165, 1.54) is 6.92 Å². The van der Waals surface area contributed by atoms with E-state index in [4.69, 9.17) is 11.6 Å². The van der Waals surface area contributed by atoms with Gasteiger partial charge in [-0.25, -0.2) is 4.79 Å². The summed E-state index contributed by atoms with van der Waals surface area (Å²) < 4.78 is 0. The van der Waals surface area contributed by atoms with E-state index < -0.39 is 17.3 Å². The summed E-state index contributed by atoms with van der Waals surface area (Å²) in [6.45, 7) is 4.07. The van der Waals surface area contributed by atoms with E-state index in [-0.39, 0.29) is 6.04 Å². The molecule has 0 heterocycles. The third-order valence-corrected chi connectivity index (χ3v) is 1.81. The van der Waals surface area contributed by atoms with Crippen LogP contribution in [0.1, 0.15) is 13.8 Å². The van der Waals surface area contributed by atoms with Crippen LogP contribution in [0.25, 0.3) is 0 Å². The fourth-order valence-corrected chi connectivity index (χ4v) is 1.12. The Labute approximate surface area is 95.1 Å². The zero-order valence-electron chi connectivity index (χ0n) is 9.50. The second-order valence-electron chi connectivity index (χ2n) is 3.74. The van der Waals surface area contributed by atoms with Crippen molar-refractivity contribution in [1.82, 2.24) is 15.5 Å². The fourth-order valence-electron chi connectivity index (χ4n) is 1.06. The first kappa shape index (κ1) is 14.2. The van der Waals surface area contributed by atoms with Gasteiger partial charge in [0.1, 0.15) is 5.38 Å². The van der Waals surface area contributed by atoms with Crippen molar-refractivity contribution in [3.63, 3.8) is 0 Å². The minimum Gasteiger partial charge on any atom is -0.334 e. The predicted molar refractivity (Wildman–Crippen MR) is 60.0 cm³/mol. The normalized spacial score (nSPS) is 14.5. The van der Waals surface area contributed by atoms with E-state index in [2.05, 4.69) is 10.6 Å². The molecule has 0 aromatic carbocycles. The SMILES string of the molecule is CC(CN(C)C)NC(=O)NC(=O)C(C)Cl. The molecule has 5 nitrogen and oxygen atoms in total. The number of hydrogen-bond donors (Lipinski definition) is 2. The molecule has 2 atom stereocenters. The van der Waals surface area contributed by atoms with Crippen molar-refractivity contribution in [1.29, 1.82) is 0 Å². The molecule has 0 aromatic rings. The van der Waals surface area contributed by atoms with E-state index in [0.29, 0.717) is 6.54 Å². The molecule has 0 bridgehead atoms. The third-order valence-electron chi connectivity index (χ3n) is 1.61. The van der Waals surface area contributed by atoms with Crippen molar-refractivity contribution in [3.05, 3.63) is 0 Å². The maximum atomic E-state index is 11.2. The van der Waals surface area contributed by atoms with Gasteiger partial charge in [-0.2, -0.15) is 0 Å². The van der Waals surface area contributed by atoms with Crippen LogP contribution in [0.2, 0.25) is 0 Å². The number of imide groups is 1. The molecule has 2 unspecified atom stereocenters. The van der Waals surface area contributed by atoms with Crippen LogP contribution >= 0.6 is 11.6 Å². The molecule has 0 rings (SSSR count). The molecule has 2 N–H and O–H groups in total. The Morgan fingerprint density at radius 3 is 2.27 bits per heavy atom. The quantitative estimate of drug-likeness (QED) is 0.693. The number of halogens is 1. The van der Waals surface area contributed by atoms with Gasteiger partial charge in [-0.05, 0) is 27.9 Å². The van der Waals surface area contributed by atoms with Gasteiger partial charge in [0, 0.05) is 12.6 Å².